The Labute approximate surface area is 207 Å². The van der Waals surface area contributed by atoms with Crippen molar-refractivity contribution in [3.05, 3.63) is 89.5 Å². The van der Waals surface area contributed by atoms with Crippen LogP contribution in [0.5, 0.6) is 17.2 Å². The Morgan fingerprint density at radius 1 is 0.471 bits per heavy atom. The maximum Gasteiger partial charge on any atom is 3.00 e. The molecule has 3 aromatic carbocycles. The van der Waals surface area contributed by atoms with E-state index in [4.69, 9.17) is 14.2 Å². The van der Waals surface area contributed by atoms with Gasteiger partial charge in [-0.15, -0.1) is 0 Å². The Morgan fingerprint density at radius 3 is 0.765 bits per heavy atom. The number of methoxy groups -OCH3 is 3. The topological polar surface area (TPSA) is 148 Å². The van der Waals surface area contributed by atoms with Crippen molar-refractivity contribution >= 4 is 17.9 Å². The summed E-state index contributed by atoms with van der Waals surface area (Å²) in [6.45, 7) is 0. The summed E-state index contributed by atoms with van der Waals surface area (Å²) in [6.07, 6.45) is 0. The first kappa shape index (κ1) is 30.0. The molecule has 3 rings (SSSR count). The second-order valence-corrected chi connectivity index (χ2v) is 6.05. The van der Waals surface area contributed by atoms with Crippen molar-refractivity contribution in [1.29, 1.82) is 0 Å². The number of aromatic carboxylic acids is 3. The van der Waals surface area contributed by atoms with Gasteiger partial charge in [0.1, 0.15) is 17.2 Å². The fourth-order valence-corrected chi connectivity index (χ4v) is 2.18. The summed E-state index contributed by atoms with van der Waals surface area (Å²) in [7, 11) is 4.57. The van der Waals surface area contributed by atoms with Crippen molar-refractivity contribution in [3.63, 3.8) is 0 Å². The zero-order valence-corrected chi connectivity index (χ0v) is 19.6. The van der Waals surface area contributed by atoms with Crippen molar-refractivity contribution in [2.24, 2.45) is 0 Å². The number of carboxylic acids is 3. The fraction of sp³-hybridized carbons (Fsp3) is 0.125. The van der Waals surface area contributed by atoms with Gasteiger partial charge in [0.2, 0.25) is 0 Å². The molecule has 10 heteroatoms. The smallest absolute Gasteiger partial charge is 0.545 e. The van der Waals surface area contributed by atoms with Crippen LogP contribution in [0.2, 0.25) is 0 Å². The summed E-state index contributed by atoms with van der Waals surface area (Å²) in [5.41, 5.74) is 0.474. The van der Waals surface area contributed by atoms with Crippen LogP contribution in [-0.2, 0) is 17.1 Å². The molecule has 1 radical (unpaired) electrons. The standard InChI is InChI=1S/3C8H8O3.Fe/c3*1-11-7-4-2-6(3-5-7)8(9)10;/h3*2-5H,1H3,(H,9,10);/q;;;+3/p-3. The second kappa shape index (κ2) is 15.7. The molecular formula is C24H21FeO9. The zero-order valence-electron chi connectivity index (χ0n) is 18.5. The number of hydrogen-bond donors (Lipinski definition) is 0. The third-order valence-corrected chi connectivity index (χ3v) is 3.98. The molecule has 9 nitrogen and oxygen atoms in total. The largest absolute Gasteiger partial charge is 3.00 e. The Bertz CT molecular complexity index is 895. The number of carbonyl (C=O) groups excluding carboxylic acids is 3. The van der Waals surface area contributed by atoms with Crippen LogP contribution in [-0.4, -0.2) is 39.2 Å². The van der Waals surface area contributed by atoms with Gasteiger partial charge in [-0.3, -0.25) is 0 Å². The quantitative estimate of drug-likeness (QED) is 0.424. The molecule has 179 valence electrons. The van der Waals surface area contributed by atoms with Gasteiger partial charge in [0, 0.05) is 0 Å². The Balaban J connectivity index is 0.000000473. The molecule has 0 heterocycles. The number of rotatable bonds is 6. The van der Waals surface area contributed by atoms with E-state index in [0.29, 0.717) is 17.2 Å². The molecule has 3 aromatic rings. The number of carbonyl (C=O) groups is 3. The molecule has 0 N–H and O–H groups in total. The van der Waals surface area contributed by atoms with E-state index in [-0.39, 0.29) is 33.8 Å². The monoisotopic (exact) mass is 509 g/mol. The molecular weight excluding hydrogens is 488 g/mol. The number of ether oxygens (including phenoxy) is 3. The van der Waals surface area contributed by atoms with Gasteiger partial charge in [0.05, 0.1) is 39.2 Å². The molecule has 0 bridgehead atoms. The summed E-state index contributed by atoms with van der Waals surface area (Å²) in [4.78, 5) is 30.7. The molecule has 0 atom stereocenters. The molecule has 0 aromatic heterocycles. The number of hydrogen-bond acceptors (Lipinski definition) is 9. The van der Waals surface area contributed by atoms with Crippen LogP contribution >= 0.6 is 0 Å². The average molecular weight is 509 g/mol. The normalized spacial score (nSPS) is 8.91. The Morgan fingerprint density at radius 2 is 0.647 bits per heavy atom. The summed E-state index contributed by atoms with van der Waals surface area (Å²) >= 11 is 0. The molecule has 0 aliphatic carbocycles. The zero-order chi connectivity index (χ0) is 24.8. The van der Waals surface area contributed by atoms with Crippen molar-refractivity contribution < 1.29 is 61.0 Å². The third-order valence-electron chi connectivity index (χ3n) is 3.98. The first-order valence-electron chi connectivity index (χ1n) is 9.28. The van der Waals surface area contributed by atoms with Gasteiger partial charge in [-0.25, -0.2) is 0 Å². The van der Waals surface area contributed by atoms with Gasteiger partial charge in [-0.05, 0) is 89.5 Å². The van der Waals surface area contributed by atoms with E-state index in [0.717, 1.165) is 0 Å². The Hall–Kier alpha value is -4.01. The van der Waals surface area contributed by atoms with Gasteiger partial charge >= 0.3 is 17.1 Å². The minimum absolute atomic E-state index is 0. The van der Waals surface area contributed by atoms with E-state index in [1.54, 1.807) is 36.4 Å². The van der Waals surface area contributed by atoms with E-state index in [1.165, 1.54) is 57.7 Å². The van der Waals surface area contributed by atoms with Crippen molar-refractivity contribution in [2.45, 2.75) is 0 Å². The molecule has 0 aliphatic rings. The molecule has 0 aliphatic heterocycles. The first-order valence-corrected chi connectivity index (χ1v) is 9.28. The van der Waals surface area contributed by atoms with Crippen LogP contribution in [0.3, 0.4) is 0 Å². The molecule has 0 saturated heterocycles. The van der Waals surface area contributed by atoms with Crippen LogP contribution in [0, 0.1) is 0 Å². The maximum atomic E-state index is 10.2. The molecule has 0 unspecified atom stereocenters. The third kappa shape index (κ3) is 10.5. The van der Waals surface area contributed by atoms with E-state index in [1.807, 2.05) is 0 Å². The molecule has 0 spiro atoms. The van der Waals surface area contributed by atoms with Gasteiger partial charge in [-0.1, -0.05) is 0 Å². The van der Waals surface area contributed by atoms with Crippen LogP contribution in [0.1, 0.15) is 31.1 Å². The minimum atomic E-state index is -1.17. The molecule has 0 amide bonds. The summed E-state index contributed by atoms with van der Waals surface area (Å²) < 4.78 is 14.5. The van der Waals surface area contributed by atoms with Crippen LogP contribution < -0.4 is 29.5 Å². The summed E-state index contributed by atoms with van der Waals surface area (Å²) in [5.74, 6) is -1.62. The molecule has 0 saturated carbocycles. The van der Waals surface area contributed by atoms with Crippen molar-refractivity contribution in [3.8, 4) is 17.2 Å². The number of benzene rings is 3. The number of carboxylic acid groups (broad SMARTS) is 3. The minimum Gasteiger partial charge on any atom is -0.545 e. The summed E-state index contributed by atoms with van der Waals surface area (Å²) in [6, 6.07) is 18.1. The van der Waals surface area contributed by atoms with Crippen LogP contribution in [0.4, 0.5) is 0 Å². The maximum absolute atomic E-state index is 10.2. The fourth-order valence-electron chi connectivity index (χ4n) is 2.18. The van der Waals surface area contributed by atoms with Crippen molar-refractivity contribution in [2.75, 3.05) is 21.3 Å². The van der Waals surface area contributed by atoms with Crippen LogP contribution in [0.15, 0.2) is 72.8 Å². The molecule has 34 heavy (non-hydrogen) atoms. The predicted octanol–water partition coefficient (Wildman–Crippen LogP) is 0.174. The van der Waals surface area contributed by atoms with Crippen molar-refractivity contribution in [1.82, 2.24) is 0 Å². The van der Waals surface area contributed by atoms with Gasteiger partial charge in [0.15, 0.2) is 0 Å². The van der Waals surface area contributed by atoms with E-state index < -0.39 is 17.9 Å². The van der Waals surface area contributed by atoms with Gasteiger partial charge in [-0.2, -0.15) is 0 Å². The summed E-state index contributed by atoms with van der Waals surface area (Å²) in [5, 5.41) is 30.7. The second-order valence-electron chi connectivity index (χ2n) is 6.05. The SMILES string of the molecule is COc1ccc(C(=O)[O-])cc1.COc1ccc(C(=O)[O-])cc1.COc1ccc(C(=O)[O-])cc1.[Fe+3]. The first-order chi connectivity index (χ1) is 15.7. The van der Waals surface area contributed by atoms with Crippen LogP contribution in [0.25, 0.3) is 0 Å². The molecule has 0 fully saturated rings. The average Bonchev–Trinajstić information content (AvgIpc) is 2.84. The van der Waals surface area contributed by atoms with Gasteiger partial charge in [0.25, 0.3) is 0 Å². The van der Waals surface area contributed by atoms with E-state index >= 15 is 0 Å². The van der Waals surface area contributed by atoms with Gasteiger partial charge < -0.3 is 43.9 Å². The predicted molar refractivity (Wildman–Crippen MR) is 112 cm³/mol. The van der Waals surface area contributed by atoms with E-state index in [9.17, 15) is 29.7 Å². The van der Waals surface area contributed by atoms with E-state index in [2.05, 4.69) is 0 Å². The Kier molecular flexibility index (Phi) is 13.9.